The van der Waals surface area contributed by atoms with Crippen molar-refractivity contribution in [2.75, 3.05) is 31.8 Å². The number of unbranched alkanes of at least 4 members (excludes halogenated alkanes) is 3. The van der Waals surface area contributed by atoms with Crippen LogP contribution >= 0.6 is 0 Å². The standard InChI is InChI=1S/C29H32N2O5/c1-19-28(32)24-18-23(12-14-26(24)36-29(19)20-7-10-22(33-2)11-8-20)34-15-5-3-4-6-16-35-27-17-21(30)9-13-25(27)31/h7-14,17-18H,3-6,15-16,30-31H2,1-2H3. The molecule has 4 rings (SSSR count). The second kappa shape index (κ2) is 11.5. The van der Waals surface area contributed by atoms with Crippen LogP contribution in [-0.4, -0.2) is 20.3 Å². The molecule has 3 aromatic carbocycles. The van der Waals surface area contributed by atoms with Crippen molar-refractivity contribution in [3.63, 3.8) is 0 Å². The highest BCUT2D eigenvalue weighted by molar-refractivity contribution is 5.81. The molecule has 0 radical (unpaired) electrons. The monoisotopic (exact) mass is 488 g/mol. The van der Waals surface area contributed by atoms with E-state index in [0.717, 1.165) is 37.0 Å². The fourth-order valence-corrected chi connectivity index (χ4v) is 3.98. The number of nitrogens with two attached hydrogens (primary N) is 2. The van der Waals surface area contributed by atoms with Crippen LogP contribution in [0, 0.1) is 6.92 Å². The summed E-state index contributed by atoms with van der Waals surface area (Å²) in [6, 6.07) is 18.1. The summed E-state index contributed by atoms with van der Waals surface area (Å²) >= 11 is 0. The average Bonchev–Trinajstić information content (AvgIpc) is 2.90. The fraction of sp³-hybridized carbons (Fsp3) is 0.276. The van der Waals surface area contributed by atoms with Gasteiger partial charge in [-0.05, 0) is 87.2 Å². The van der Waals surface area contributed by atoms with E-state index >= 15 is 0 Å². The van der Waals surface area contributed by atoms with Crippen LogP contribution in [-0.2, 0) is 0 Å². The maximum absolute atomic E-state index is 13.0. The number of hydrogen-bond donors (Lipinski definition) is 2. The van der Waals surface area contributed by atoms with Gasteiger partial charge in [-0.25, -0.2) is 0 Å². The van der Waals surface area contributed by atoms with Crippen molar-refractivity contribution in [2.24, 2.45) is 0 Å². The lowest BCUT2D eigenvalue weighted by atomic mass is 10.1. The summed E-state index contributed by atoms with van der Waals surface area (Å²) in [5.41, 5.74) is 14.8. The molecule has 1 aromatic heterocycles. The van der Waals surface area contributed by atoms with Gasteiger partial charge in [0.15, 0.2) is 5.43 Å². The third kappa shape index (κ3) is 5.92. The van der Waals surface area contributed by atoms with Crippen LogP contribution in [0.15, 0.2) is 69.9 Å². The molecule has 0 amide bonds. The number of hydrogen-bond acceptors (Lipinski definition) is 7. The minimum Gasteiger partial charge on any atom is -0.497 e. The summed E-state index contributed by atoms with van der Waals surface area (Å²) in [7, 11) is 1.62. The minimum absolute atomic E-state index is 0.0617. The largest absolute Gasteiger partial charge is 0.497 e. The second-order valence-corrected chi connectivity index (χ2v) is 8.68. The van der Waals surface area contributed by atoms with E-state index in [0.29, 0.717) is 58.4 Å². The lowest BCUT2D eigenvalue weighted by Gasteiger charge is -2.11. The van der Waals surface area contributed by atoms with Gasteiger partial charge in [-0.3, -0.25) is 4.79 Å². The summed E-state index contributed by atoms with van der Waals surface area (Å²) in [6.45, 7) is 2.94. The smallest absolute Gasteiger partial charge is 0.196 e. The van der Waals surface area contributed by atoms with Crippen LogP contribution < -0.4 is 31.1 Å². The molecule has 0 bridgehead atoms. The van der Waals surface area contributed by atoms with Gasteiger partial charge >= 0.3 is 0 Å². The molecule has 0 atom stereocenters. The van der Waals surface area contributed by atoms with Gasteiger partial charge < -0.3 is 30.1 Å². The minimum atomic E-state index is -0.0617. The lowest BCUT2D eigenvalue weighted by Crippen LogP contribution is -2.08. The van der Waals surface area contributed by atoms with Crippen LogP contribution in [0.3, 0.4) is 0 Å². The van der Waals surface area contributed by atoms with Gasteiger partial charge in [-0.2, -0.15) is 0 Å². The molecule has 0 aliphatic rings. The van der Waals surface area contributed by atoms with Crippen molar-refractivity contribution in [1.29, 1.82) is 0 Å². The number of nitrogen functional groups attached to an aromatic ring is 2. The van der Waals surface area contributed by atoms with Gasteiger partial charge in [0.2, 0.25) is 0 Å². The summed E-state index contributed by atoms with van der Waals surface area (Å²) < 4.78 is 22.9. The Labute approximate surface area is 210 Å². The lowest BCUT2D eigenvalue weighted by molar-refractivity contribution is 0.288. The number of fused-ring (bicyclic) bond motifs is 1. The molecule has 0 saturated carbocycles. The Bertz CT molecular complexity index is 1380. The Morgan fingerprint density at radius 3 is 2.22 bits per heavy atom. The first-order valence-corrected chi connectivity index (χ1v) is 12.1. The Kier molecular flexibility index (Phi) is 8.00. The molecule has 0 aliphatic carbocycles. The maximum Gasteiger partial charge on any atom is 0.196 e. The van der Waals surface area contributed by atoms with E-state index in [9.17, 15) is 4.79 Å². The normalized spacial score (nSPS) is 10.9. The molecule has 0 saturated heterocycles. The predicted molar refractivity (Wildman–Crippen MR) is 144 cm³/mol. The first-order chi connectivity index (χ1) is 17.5. The Morgan fingerprint density at radius 1 is 0.806 bits per heavy atom. The highest BCUT2D eigenvalue weighted by Crippen LogP contribution is 2.29. The topological polar surface area (TPSA) is 110 Å². The number of methoxy groups -OCH3 is 1. The molecular formula is C29H32N2O5. The summed E-state index contributed by atoms with van der Waals surface area (Å²) in [5.74, 6) is 2.60. The number of anilines is 2. The third-order valence-corrected chi connectivity index (χ3v) is 6.04. The zero-order valence-corrected chi connectivity index (χ0v) is 20.7. The number of ether oxygens (including phenoxy) is 3. The Hall–Kier alpha value is -4.13. The molecule has 0 unspecified atom stereocenters. The van der Waals surface area contributed by atoms with E-state index < -0.39 is 0 Å². The van der Waals surface area contributed by atoms with Gasteiger partial charge in [-0.1, -0.05) is 0 Å². The zero-order chi connectivity index (χ0) is 25.5. The highest BCUT2D eigenvalue weighted by Gasteiger charge is 2.14. The molecule has 0 fully saturated rings. The number of benzene rings is 3. The first-order valence-electron chi connectivity index (χ1n) is 12.1. The molecule has 188 valence electrons. The van der Waals surface area contributed by atoms with Gasteiger partial charge in [0.25, 0.3) is 0 Å². The first kappa shape index (κ1) is 25.0. The second-order valence-electron chi connectivity index (χ2n) is 8.68. The van der Waals surface area contributed by atoms with Crippen LogP contribution in [0.4, 0.5) is 11.4 Å². The van der Waals surface area contributed by atoms with Crippen molar-refractivity contribution >= 4 is 22.3 Å². The van der Waals surface area contributed by atoms with Crippen molar-refractivity contribution in [1.82, 2.24) is 0 Å². The molecule has 4 N–H and O–H groups in total. The molecular weight excluding hydrogens is 456 g/mol. The van der Waals surface area contributed by atoms with E-state index in [1.165, 1.54) is 0 Å². The molecule has 36 heavy (non-hydrogen) atoms. The summed E-state index contributed by atoms with van der Waals surface area (Å²) in [5, 5.41) is 0.514. The average molecular weight is 489 g/mol. The van der Waals surface area contributed by atoms with E-state index in [-0.39, 0.29) is 5.43 Å². The van der Waals surface area contributed by atoms with Crippen LogP contribution in [0.5, 0.6) is 17.2 Å². The van der Waals surface area contributed by atoms with E-state index in [1.807, 2.05) is 30.3 Å². The Balaban J connectivity index is 1.28. The van der Waals surface area contributed by atoms with Crippen molar-refractivity contribution in [3.8, 4) is 28.6 Å². The molecule has 7 nitrogen and oxygen atoms in total. The molecule has 1 heterocycles. The summed E-state index contributed by atoms with van der Waals surface area (Å²) in [4.78, 5) is 13.0. The van der Waals surface area contributed by atoms with Crippen molar-refractivity contribution in [2.45, 2.75) is 32.6 Å². The van der Waals surface area contributed by atoms with Crippen LogP contribution in [0.1, 0.15) is 31.2 Å². The molecule has 4 aromatic rings. The SMILES string of the molecule is COc1ccc(-c2oc3ccc(OCCCCCCOc4cc(N)ccc4N)cc3c(=O)c2C)cc1. The quantitative estimate of drug-likeness (QED) is 0.198. The molecule has 0 spiro atoms. The highest BCUT2D eigenvalue weighted by atomic mass is 16.5. The van der Waals surface area contributed by atoms with E-state index in [4.69, 9.17) is 30.1 Å². The summed E-state index contributed by atoms with van der Waals surface area (Å²) in [6.07, 6.45) is 3.85. The molecule has 7 heteroatoms. The van der Waals surface area contributed by atoms with Crippen LogP contribution in [0.2, 0.25) is 0 Å². The van der Waals surface area contributed by atoms with Crippen molar-refractivity contribution in [3.05, 3.63) is 76.5 Å². The number of rotatable bonds is 11. The van der Waals surface area contributed by atoms with Gasteiger partial charge in [0, 0.05) is 22.9 Å². The maximum atomic E-state index is 13.0. The van der Waals surface area contributed by atoms with Gasteiger partial charge in [0.05, 0.1) is 31.4 Å². The van der Waals surface area contributed by atoms with Gasteiger partial charge in [0.1, 0.15) is 28.6 Å². The Morgan fingerprint density at radius 2 is 1.50 bits per heavy atom. The fourth-order valence-electron chi connectivity index (χ4n) is 3.98. The third-order valence-electron chi connectivity index (χ3n) is 6.04. The zero-order valence-electron chi connectivity index (χ0n) is 20.7. The van der Waals surface area contributed by atoms with Gasteiger partial charge in [-0.15, -0.1) is 0 Å². The molecule has 0 aliphatic heterocycles. The van der Waals surface area contributed by atoms with Crippen molar-refractivity contribution < 1.29 is 18.6 Å². The predicted octanol–water partition coefficient (Wildman–Crippen LogP) is 5.96. The van der Waals surface area contributed by atoms with E-state index in [1.54, 1.807) is 44.4 Å². The van der Waals surface area contributed by atoms with Crippen LogP contribution in [0.25, 0.3) is 22.3 Å². The van der Waals surface area contributed by atoms with E-state index in [2.05, 4.69) is 0 Å².